The zero-order valence-corrected chi connectivity index (χ0v) is 11.3. The molecule has 0 saturated heterocycles. The van der Waals surface area contributed by atoms with E-state index in [2.05, 4.69) is 15.5 Å². The summed E-state index contributed by atoms with van der Waals surface area (Å²) in [6.45, 7) is 1.74. The second-order valence-corrected chi connectivity index (χ2v) is 4.38. The lowest BCUT2D eigenvalue weighted by atomic mass is 10.2. The molecule has 0 aliphatic rings. The fourth-order valence-electron chi connectivity index (χ4n) is 1.52. The second kappa shape index (κ2) is 6.12. The monoisotopic (exact) mass is 290 g/mol. The van der Waals surface area contributed by atoms with Gasteiger partial charge < -0.3 is 0 Å². The Morgan fingerprint density at radius 1 is 1.35 bits per heavy atom. The molecule has 0 fully saturated rings. The summed E-state index contributed by atoms with van der Waals surface area (Å²) in [4.78, 5) is 14.4. The number of hydrazone groups is 1. The van der Waals surface area contributed by atoms with Gasteiger partial charge in [0.15, 0.2) is 0 Å². The molecule has 0 radical (unpaired) electrons. The average Bonchev–Trinajstić information content (AvgIpc) is 2.41. The molecule has 0 aliphatic carbocycles. The lowest BCUT2D eigenvalue weighted by Gasteiger charge is -2.02. The highest BCUT2D eigenvalue weighted by Crippen LogP contribution is 2.21. The first-order chi connectivity index (χ1) is 9.58. The summed E-state index contributed by atoms with van der Waals surface area (Å²) in [6, 6.07) is 10.1. The molecule has 0 bridgehead atoms. The quantitative estimate of drug-likeness (QED) is 0.531. The van der Waals surface area contributed by atoms with E-state index in [-0.39, 0.29) is 11.5 Å². The minimum Gasteiger partial charge on any atom is -0.258 e. The first-order valence-electron chi connectivity index (χ1n) is 5.73. The molecule has 0 saturated carbocycles. The van der Waals surface area contributed by atoms with Crippen molar-refractivity contribution in [2.75, 3.05) is 5.43 Å². The number of halogens is 1. The largest absolute Gasteiger partial charge is 0.313 e. The Morgan fingerprint density at radius 3 is 2.80 bits per heavy atom. The smallest absolute Gasteiger partial charge is 0.258 e. The zero-order valence-electron chi connectivity index (χ0n) is 10.6. The van der Waals surface area contributed by atoms with Gasteiger partial charge in [0.25, 0.3) is 0 Å². The lowest BCUT2D eigenvalue weighted by Crippen LogP contribution is -2.00. The molecule has 0 atom stereocenters. The Labute approximate surface area is 120 Å². The van der Waals surface area contributed by atoms with Crippen molar-refractivity contribution in [2.45, 2.75) is 6.92 Å². The maximum absolute atomic E-state index is 10.9. The van der Waals surface area contributed by atoms with E-state index >= 15 is 0 Å². The van der Waals surface area contributed by atoms with Gasteiger partial charge in [0.2, 0.25) is 5.82 Å². The molecule has 0 aliphatic heterocycles. The highest BCUT2D eigenvalue weighted by Gasteiger charge is 2.14. The summed E-state index contributed by atoms with van der Waals surface area (Å²) in [5.74, 6) is 0.0957. The number of nitro groups is 1. The summed E-state index contributed by atoms with van der Waals surface area (Å²) in [6.07, 6.45) is 1.48. The summed E-state index contributed by atoms with van der Waals surface area (Å²) >= 11 is 5.97. The molecule has 1 aromatic carbocycles. The Balaban J connectivity index is 2.21. The van der Waals surface area contributed by atoms with Crippen LogP contribution in [-0.2, 0) is 0 Å². The van der Waals surface area contributed by atoms with Crippen molar-refractivity contribution < 1.29 is 4.92 Å². The maximum Gasteiger partial charge on any atom is 0.313 e. The molecule has 20 heavy (non-hydrogen) atoms. The molecule has 1 heterocycles. The van der Waals surface area contributed by atoms with Crippen molar-refractivity contribution in [1.82, 2.24) is 4.98 Å². The lowest BCUT2D eigenvalue weighted by molar-refractivity contribution is -0.384. The molecule has 1 N–H and O–H groups in total. The standard InChI is InChI=1S/C13H11ClN4O2/c1-9-6-7-12(18(19)20)13(16-9)17-15-8-10-4-2-3-5-11(10)14/h2-8H,1H3,(H,16,17)/b15-8-. The number of pyridine rings is 1. The number of aromatic nitrogens is 1. The fraction of sp³-hybridized carbons (Fsp3) is 0.0769. The van der Waals surface area contributed by atoms with Gasteiger partial charge in [-0.1, -0.05) is 29.8 Å². The van der Waals surface area contributed by atoms with Gasteiger partial charge in [0.05, 0.1) is 11.1 Å². The number of anilines is 1. The Bertz CT molecular complexity index is 673. The third-order valence-electron chi connectivity index (χ3n) is 2.49. The van der Waals surface area contributed by atoms with Crippen molar-refractivity contribution in [3.63, 3.8) is 0 Å². The number of benzene rings is 1. The van der Waals surface area contributed by atoms with Crippen LogP contribution in [0.1, 0.15) is 11.3 Å². The maximum atomic E-state index is 10.9. The van der Waals surface area contributed by atoms with Crippen LogP contribution in [0.4, 0.5) is 11.5 Å². The van der Waals surface area contributed by atoms with Crippen LogP contribution in [-0.4, -0.2) is 16.1 Å². The van der Waals surface area contributed by atoms with Gasteiger partial charge in [-0.05, 0) is 19.1 Å². The van der Waals surface area contributed by atoms with Crippen LogP contribution in [0.15, 0.2) is 41.5 Å². The number of rotatable bonds is 4. The van der Waals surface area contributed by atoms with E-state index in [4.69, 9.17) is 11.6 Å². The summed E-state index contributed by atoms with van der Waals surface area (Å²) in [5, 5.41) is 15.3. The topological polar surface area (TPSA) is 80.4 Å². The Hall–Kier alpha value is -2.47. The molecule has 102 valence electrons. The normalized spacial score (nSPS) is 10.7. The number of hydrogen-bond acceptors (Lipinski definition) is 5. The molecule has 0 amide bonds. The summed E-state index contributed by atoms with van der Waals surface area (Å²) in [7, 11) is 0. The Kier molecular flexibility index (Phi) is 4.27. The van der Waals surface area contributed by atoms with E-state index in [1.165, 1.54) is 12.3 Å². The zero-order chi connectivity index (χ0) is 14.5. The van der Waals surface area contributed by atoms with Gasteiger partial charge in [0, 0.05) is 22.3 Å². The van der Waals surface area contributed by atoms with E-state index in [9.17, 15) is 10.1 Å². The van der Waals surface area contributed by atoms with Crippen molar-refractivity contribution >= 4 is 29.3 Å². The van der Waals surface area contributed by atoms with Gasteiger partial charge in [-0.15, -0.1) is 0 Å². The molecule has 2 rings (SSSR count). The van der Waals surface area contributed by atoms with Crippen molar-refractivity contribution in [1.29, 1.82) is 0 Å². The SMILES string of the molecule is Cc1ccc([N+](=O)[O-])c(N/N=C\c2ccccc2Cl)n1. The van der Waals surface area contributed by atoms with E-state index in [1.54, 1.807) is 31.2 Å². The first kappa shape index (κ1) is 14.0. The minimum atomic E-state index is -0.514. The number of aryl methyl sites for hydroxylation is 1. The molecule has 6 nitrogen and oxygen atoms in total. The minimum absolute atomic E-state index is 0.0957. The summed E-state index contributed by atoms with van der Waals surface area (Å²) < 4.78 is 0. The number of nitrogens with one attached hydrogen (secondary N) is 1. The molecule has 0 spiro atoms. The predicted molar refractivity (Wildman–Crippen MR) is 78.3 cm³/mol. The van der Waals surface area contributed by atoms with Crippen LogP contribution in [0, 0.1) is 17.0 Å². The van der Waals surface area contributed by atoms with Crippen LogP contribution in [0.5, 0.6) is 0 Å². The third kappa shape index (κ3) is 3.30. The van der Waals surface area contributed by atoms with E-state index < -0.39 is 4.92 Å². The average molecular weight is 291 g/mol. The molecule has 2 aromatic rings. The van der Waals surface area contributed by atoms with E-state index in [0.29, 0.717) is 16.3 Å². The molecular formula is C13H11ClN4O2. The fourth-order valence-corrected chi connectivity index (χ4v) is 1.71. The van der Waals surface area contributed by atoms with Crippen LogP contribution < -0.4 is 5.43 Å². The Morgan fingerprint density at radius 2 is 2.10 bits per heavy atom. The van der Waals surface area contributed by atoms with Crippen LogP contribution >= 0.6 is 11.6 Å². The van der Waals surface area contributed by atoms with Gasteiger partial charge in [0.1, 0.15) is 0 Å². The van der Waals surface area contributed by atoms with Gasteiger partial charge in [-0.2, -0.15) is 5.10 Å². The molecule has 7 heteroatoms. The van der Waals surface area contributed by atoms with Crippen LogP contribution in [0.2, 0.25) is 5.02 Å². The molecule has 0 unspecified atom stereocenters. The number of nitrogens with zero attached hydrogens (tertiary/aromatic N) is 3. The number of hydrogen-bond donors (Lipinski definition) is 1. The van der Waals surface area contributed by atoms with Gasteiger partial charge in [-0.25, -0.2) is 4.98 Å². The van der Waals surface area contributed by atoms with Gasteiger partial charge >= 0.3 is 5.69 Å². The molecule has 1 aromatic heterocycles. The summed E-state index contributed by atoms with van der Waals surface area (Å²) in [5.41, 5.74) is 3.80. The molecular weight excluding hydrogens is 280 g/mol. The highest BCUT2D eigenvalue weighted by molar-refractivity contribution is 6.33. The van der Waals surface area contributed by atoms with Crippen molar-refractivity contribution in [2.24, 2.45) is 5.10 Å². The predicted octanol–water partition coefficient (Wildman–Crippen LogP) is 3.40. The second-order valence-electron chi connectivity index (χ2n) is 3.97. The van der Waals surface area contributed by atoms with Crippen molar-refractivity contribution in [3.8, 4) is 0 Å². The van der Waals surface area contributed by atoms with Crippen molar-refractivity contribution in [3.05, 3.63) is 62.8 Å². The highest BCUT2D eigenvalue weighted by atomic mass is 35.5. The van der Waals surface area contributed by atoms with Gasteiger partial charge in [-0.3, -0.25) is 15.5 Å². The van der Waals surface area contributed by atoms with Crippen LogP contribution in [0.3, 0.4) is 0 Å². The third-order valence-corrected chi connectivity index (χ3v) is 2.83. The van der Waals surface area contributed by atoms with E-state index in [1.807, 2.05) is 6.07 Å². The first-order valence-corrected chi connectivity index (χ1v) is 6.11. The van der Waals surface area contributed by atoms with Crippen LogP contribution in [0.25, 0.3) is 0 Å². The van der Waals surface area contributed by atoms with E-state index in [0.717, 1.165) is 0 Å².